The molecule has 0 unspecified atom stereocenters. The van der Waals surface area contributed by atoms with Crippen LogP contribution in [0.3, 0.4) is 0 Å². The fourth-order valence-corrected chi connectivity index (χ4v) is 6.64. The first-order chi connectivity index (χ1) is 14.6. The minimum absolute atomic E-state index is 0.0350. The number of unbranched alkanes of at least 4 members (excludes halogenated alkanes) is 6. The molecule has 0 aromatic heterocycles. The quantitative estimate of drug-likeness (QED) is 0.426. The summed E-state index contributed by atoms with van der Waals surface area (Å²) in [7, 11) is -3.35. The van der Waals surface area contributed by atoms with Gasteiger partial charge in [-0.3, -0.25) is 0 Å². The molecule has 0 bridgehead atoms. The van der Waals surface area contributed by atoms with Gasteiger partial charge >= 0.3 is 0 Å². The van der Waals surface area contributed by atoms with E-state index in [0.717, 1.165) is 12.8 Å². The molecule has 0 spiro atoms. The lowest BCUT2D eigenvalue weighted by molar-refractivity contribution is 0.476. The van der Waals surface area contributed by atoms with Crippen molar-refractivity contribution in [1.29, 1.82) is 0 Å². The van der Waals surface area contributed by atoms with Gasteiger partial charge in [-0.05, 0) is 37.0 Å². The first-order valence-electron chi connectivity index (χ1n) is 11.7. The van der Waals surface area contributed by atoms with Crippen LogP contribution in [0.4, 0.5) is 0 Å². The second kappa shape index (κ2) is 11.7. The Morgan fingerprint density at radius 1 is 0.833 bits per heavy atom. The first-order valence-corrected chi connectivity index (χ1v) is 13.2. The van der Waals surface area contributed by atoms with Crippen LogP contribution in [0.25, 0.3) is 0 Å². The average Bonchev–Trinajstić information content (AvgIpc) is 3.18. The molecule has 3 rings (SSSR count). The molecular weight excluding hydrogens is 390 g/mol. The zero-order valence-electron chi connectivity index (χ0n) is 18.3. The Balaban J connectivity index is 1.63. The summed E-state index contributed by atoms with van der Waals surface area (Å²) < 4.78 is 26.8. The van der Waals surface area contributed by atoms with E-state index in [9.17, 15) is 8.42 Å². The van der Waals surface area contributed by atoms with E-state index in [1.165, 1.54) is 50.5 Å². The van der Waals surface area contributed by atoms with E-state index in [1.54, 1.807) is 12.1 Å². The third-order valence-corrected chi connectivity index (χ3v) is 8.59. The lowest BCUT2D eigenvalue weighted by Gasteiger charge is -2.20. The SMILES string of the molecule is CCCCCCCCC[C@@H]1C[C@@H](S(=O)(=O)c2ccccc2)[C@H](Cc2ccccc2)N1. The van der Waals surface area contributed by atoms with Crippen LogP contribution in [0.1, 0.15) is 70.3 Å². The molecule has 30 heavy (non-hydrogen) atoms. The minimum Gasteiger partial charge on any atom is -0.310 e. The van der Waals surface area contributed by atoms with Gasteiger partial charge in [0.05, 0.1) is 10.1 Å². The lowest BCUT2D eigenvalue weighted by Crippen LogP contribution is -2.38. The van der Waals surface area contributed by atoms with E-state index in [1.807, 2.05) is 36.4 Å². The molecule has 164 valence electrons. The van der Waals surface area contributed by atoms with Crippen molar-refractivity contribution in [3.63, 3.8) is 0 Å². The van der Waals surface area contributed by atoms with Crippen LogP contribution in [0, 0.1) is 0 Å². The van der Waals surface area contributed by atoms with Gasteiger partial charge in [-0.1, -0.05) is 100 Å². The van der Waals surface area contributed by atoms with Crippen LogP contribution in [0.5, 0.6) is 0 Å². The predicted octanol–water partition coefficient (Wildman–Crippen LogP) is 5.94. The normalized spacial score (nSPS) is 21.7. The van der Waals surface area contributed by atoms with E-state index >= 15 is 0 Å². The number of nitrogens with one attached hydrogen (secondary N) is 1. The monoisotopic (exact) mass is 427 g/mol. The minimum atomic E-state index is -3.35. The highest BCUT2D eigenvalue weighted by Gasteiger charge is 2.42. The highest BCUT2D eigenvalue weighted by molar-refractivity contribution is 7.92. The van der Waals surface area contributed by atoms with Gasteiger partial charge in [-0.2, -0.15) is 0 Å². The molecule has 1 N–H and O–H groups in total. The molecule has 1 saturated heterocycles. The fourth-order valence-electron chi connectivity index (χ4n) is 4.66. The van der Waals surface area contributed by atoms with Crippen molar-refractivity contribution in [3.8, 4) is 0 Å². The fraction of sp³-hybridized carbons (Fsp3) is 0.538. The maximum absolute atomic E-state index is 13.4. The smallest absolute Gasteiger partial charge is 0.182 e. The van der Waals surface area contributed by atoms with Gasteiger partial charge in [-0.25, -0.2) is 8.42 Å². The Kier molecular flexibility index (Phi) is 8.95. The van der Waals surface area contributed by atoms with Gasteiger partial charge in [0.15, 0.2) is 9.84 Å². The maximum Gasteiger partial charge on any atom is 0.182 e. The number of hydrogen-bond acceptors (Lipinski definition) is 3. The second-order valence-corrected chi connectivity index (χ2v) is 10.9. The van der Waals surface area contributed by atoms with Crippen molar-refractivity contribution in [2.45, 2.75) is 93.4 Å². The van der Waals surface area contributed by atoms with Crippen LogP contribution in [-0.4, -0.2) is 25.8 Å². The molecule has 2 aromatic carbocycles. The van der Waals surface area contributed by atoms with E-state index in [2.05, 4.69) is 24.4 Å². The zero-order chi connectivity index (χ0) is 21.2. The molecule has 0 aliphatic carbocycles. The molecule has 0 saturated carbocycles. The molecule has 1 heterocycles. The molecule has 0 radical (unpaired) electrons. The van der Waals surface area contributed by atoms with Gasteiger partial charge in [0.1, 0.15) is 0 Å². The largest absolute Gasteiger partial charge is 0.310 e. The van der Waals surface area contributed by atoms with Gasteiger partial charge in [0.2, 0.25) is 0 Å². The molecule has 1 aliphatic rings. The third-order valence-electron chi connectivity index (χ3n) is 6.34. The summed E-state index contributed by atoms with van der Waals surface area (Å²) in [5, 5.41) is 3.33. The summed E-state index contributed by atoms with van der Waals surface area (Å²) in [6.07, 6.45) is 11.6. The topological polar surface area (TPSA) is 46.2 Å². The molecule has 3 atom stereocenters. The van der Waals surface area contributed by atoms with Crippen LogP contribution in [0.2, 0.25) is 0 Å². The molecule has 3 nitrogen and oxygen atoms in total. The summed E-state index contributed by atoms with van der Waals surface area (Å²) in [5.74, 6) is 0. The Morgan fingerprint density at radius 3 is 2.10 bits per heavy atom. The number of sulfone groups is 1. The standard InChI is InChI=1S/C26H37NO2S/c1-2-3-4-5-6-7-12-17-23-21-26(30(28,29)24-18-13-9-14-19-24)25(27-23)20-22-15-10-8-11-16-22/h8-11,13-16,18-19,23,25-27H,2-7,12,17,20-21H2,1H3/t23-,25+,26-/m1/s1. The van der Waals surface area contributed by atoms with Crippen LogP contribution < -0.4 is 5.32 Å². The predicted molar refractivity (Wildman–Crippen MR) is 126 cm³/mol. The maximum atomic E-state index is 13.4. The lowest BCUT2D eigenvalue weighted by atomic mass is 10.0. The summed E-state index contributed by atoms with van der Waals surface area (Å²) >= 11 is 0. The van der Waals surface area contributed by atoms with Crippen LogP contribution >= 0.6 is 0 Å². The second-order valence-electron chi connectivity index (χ2n) is 8.70. The Labute approximate surface area is 183 Å². The molecule has 1 aliphatic heterocycles. The van der Waals surface area contributed by atoms with Gasteiger partial charge < -0.3 is 5.32 Å². The highest BCUT2D eigenvalue weighted by Crippen LogP contribution is 2.30. The van der Waals surface area contributed by atoms with Crippen molar-refractivity contribution in [1.82, 2.24) is 5.32 Å². The third kappa shape index (κ3) is 6.42. The van der Waals surface area contributed by atoms with Gasteiger partial charge in [0, 0.05) is 12.1 Å². The van der Waals surface area contributed by atoms with Crippen LogP contribution in [0.15, 0.2) is 65.6 Å². The van der Waals surface area contributed by atoms with Crippen molar-refractivity contribution in [2.75, 3.05) is 0 Å². The van der Waals surface area contributed by atoms with E-state index in [0.29, 0.717) is 11.3 Å². The zero-order valence-corrected chi connectivity index (χ0v) is 19.1. The van der Waals surface area contributed by atoms with Crippen molar-refractivity contribution in [3.05, 3.63) is 66.2 Å². The summed E-state index contributed by atoms with van der Waals surface area (Å²) in [5.41, 5.74) is 1.19. The first kappa shape index (κ1) is 23.0. The molecule has 2 aromatic rings. The Bertz CT molecular complexity index is 836. The number of hydrogen-bond donors (Lipinski definition) is 1. The Morgan fingerprint density at radius 2 is 1.43 bits per heavy atom. The summed E-state index contributed by atoms with van der Waals surface area (Å²) in [6.45, 7) is 2.25. The van der Waals surface area contributed by atoms with Gasteiger partial charge in [-0.15, -0.1) is 0 Å². The van der Waals surface area contributed by atoms with Gasteiger partial charge in [0.25, 0.3) is 0 Å². The number of benzene rings is 2. The van der Waals surface area contributed by atoms with E-state index < -0.39 is 9.84 Å². The van der Waals surface area contributed by atoms with E-state index in [-0.39, 0.29) is 17.3 Å². The molecule has 4 heteroatoms. The molecular formula is C26H37NO2S. The van der Waals surface area contributed by atoms with E-state index in [4.69, 9.17) is 0 Å². The molecule has 1 fully saturated rings. The van der Waals surface area contributed by atoms with Crippen molar-refractivity contribution < 1.29 is 8.42 Å². The Hall–Kier alpha value is -1.65. The highest BCUT2D eigenvalue weighted by atomic mass is 32.2. The average molecular weight is 428 g/mol. The van der Waals surface area contributed by atoms with Crippen molar-refractivity contribution >= 4 is 9.84 Å². The summed E-state index contributed by atoms with van der Waals surface area (Å²) in [6, 6.07) is 19.5. The summed E-state index contributed by atoms with van der Waals surface area (Å²) in [4.78, 5) is 0.450. The number of rotatable bonds is 12. The molecule has 0 amide bonds. The van der Waals surface area contributed by atoms with Crippen LogP contribution in [-0.2, 0) is 16.3 Å². The van der Waals surface area contributed by atoms with Crippen molar-refractivity contribution in [2.24, 2.45) is 0 Å².